The quantitative estimate of drug-likeness (QED) is 0.0121. The van der Waals surface area contributed by atoms with Crippen LogP contribution in [0, 0.1) is 39.7 Å². The van der Waals surface area contributed by atoms with E-state index in [4.69, 9.17) is 28.4 Å². The first-order chi connectivity index (χ1) is 56.7. The molecule has 0 amide bonds. The van der Waals surface area contributed by atoms with E-state index in [1.165, 1.54) is 77.0 Å². The number of aliphatic hydroxyl groups is 4. The number of hydrogen-bond donors (Lipinski definition) is 4. The van der Waals surface area contributed by atoms with Crippen LogP contribution in [0.5, 0.6) is 11.5 Å². The maximum Gasteiger partial charge on any atom is 0.333 e. The summed E-state index contributed by atoms with van der Waals surface area (Å²) in [6.07, 6.45) is 24.6. The van der Waals surface area contributed by atoms with Crippen LogP contribution in [0.15, 0.2) is 134 Å². The number of benzene rings is 6. The first-order valence-corrected chi connectivity index (χ1v) is 44.2. The summed E-state index contributed by atoms with van der Waals surface area (Å²) in [6.45, 7) is 29.5. The predicted molar refractivity (Wildman–Crippen MR) is 470 cm³/mol. The SMILES string of the molecule is C=C(C)C(=O)OCCCc1cc(-c2ccc(-c3ccc(C4CCC(CCCCC)CC4)cc3F)cc2CC)cc(CCCOC(=O)C(=C)CCC(C)(C)C(=O)OCCCc2cc(-c3ccc(-c4ccc(C5CCC(CCCCC)CC5)cc4F)cc3CC)cc(CCCOC(=O)C(=C)C)c2OCC(CC)(CO)CO)c1OCC(C)(CO)CO. The Morgan fingerprint density at radius 3 is 1.16 bits per heavy atom. The molecular formula is C102H138F2O14. The van der Waals surface area contributed by atoms with Crippen molar-refractivity contribution in [1.82, 2.24) is 0 Å². The second kappa shape index (κ2) is 47.1. The number of ether oxygens (including phenoxy) is 6. The number of rotatable bonds is 50. The second-order valence-electron chi connectivity index (χ2n) is 35.0. The van der Waals surface area contributed by atoms with Gasteiger partial charge in [0.05, 0.1) is 76.9 Å². The summed E-state index contributed by atoms with van der Waals surface area (Å²) in [5.41, 5.74) is 11.4. The van der Waals surface area contributed by atoms with Gasteiger partial charge in [0.15, 0.2) is 0 Å². The van der Waals surface area contributed by atoms with Gasteiger partial charge in [-0.15, -0.1) is 0 Å². The van der Waals surface area contributed by atoms with Crippen molar-refractivity contribution in [2.45, 2.75) is 267 Å². The highest BCUT2D eigenvalue weighted by Gasteiger charge is 2.34. The molecule has 2 saturated carbocycles. The first kappa shape index (κ1) is 95.2. The monoisotopic (exact) mass is 1630 g/mol. The predicted octanol–water partition coefficient (Wildman–Crippen LogP) is 22.7. The molecule has 0 unspecified atom stereocenters. The molecule has 16 heteroatoms. The molecule has 8 rings (SSSR count). The van der Waals surface area contributed by atoms with Crippen LogP contribution in [0.3, 0.4) is 0 Å². The second-order valence-corrected chi connectivity index (χ2v) is 35.0. The van der Waals surface area contributed by atoms with Gasteiger partial charge < -0.3 is 48.8 Å². The van der Waals surface area contributed by atoms with Crippen molar-refractivity contribution in [3.8, 4) is 56.0 Å². The van der Waals surface area contributed by atoms with E-state index in [0.717, 1.165) is 115 Å². The van der Waals surface area contributed by atoms with Crippen LogP contribution in [-0.2, 0) is 76.7 Å². The van der Waals surface area contributed by atoms with Crippen molar-refractivity contribution < 1.29 is 76.8 Å². The Balaban J connectivity index is 0.958. The Kier molecular flexibility index (Phi) is 38.0. The number of aliphatic hydroxyl groups excluding tert-OH is 4. The number of aryl methyl sites for hydroxylation is 6. The third kappa shape index (κ3) is 27.1. The first-order valence-electron chi connectivity index (χ1n) is 44.2. The fourth-order valence-electron chi connectivity index (χ4n) is 16.6. The fourth-order valence-corrected chi connectivity index (χ4v) is 16.6. The molecule has 6 aromatic rings. The van der Waals surface area contributed by atoms with Gasteiger partial charge in [0.1, 0.15) is 23.1 Å². The maximum atomic E-state index is 16.4. The fraction of sp³-hybridized carbons (Fsp3) is 0.549. The van der Waals surface area contributed by atoms with Gasteiger partial charge in [-0.25, -0.2) is 23.2 Å². The minimum atomic E-state index is -1.05. The zero-order chi connectivity index (χ0) is 85.5. The molecule has 2 aliphatic carbocycles. The van der Waals surface area contributed by atoms with E-state index in [2.05, 4.69) is 96.0 Å². The summed E-state index contributed by atoms with van der Waals surface area (Å²) < 4.78 is 69.2. The lowest BCUT2D eigenvalue weighted by Crippen LogP contribution is -2.36. The molecule has 0 aromatic heterocycles. The Morgan fingerprint density at radius 2 is 0.805 bits per heavy atom. The minimum absolute atomic E-state index is 0.00525. The van der Waals surface area contributed by atoms with E-state index in [0.29, 0.717) is 105 Å². The Morgan fingerprint density at radius 1 is 0.432 bits per heavy atom. The van der Waals surface area contributed by atoms with Crippen LogP contribution in [-0.4, -0.2) is 110 Å². The summed E-state index contributed by atoms with van der Waals surface area (Å²) in [5.74, 6) is 0.801. The molecule has 644 valence electrons. The van der Waals surface area contributed by atoms with Gasteiger partial charge in [-0.3, -0.25) is 4.79 Å². The maximum absolute atomic E-state index is 16.4. The number of esters is 4. The smallest absolute Gasteiger partial charge is 0.333 e. The van der Waals surface area contributed by atoms with Gasteiger partial charge in [0, 0.05) is 33.3 Å². The van der Waals surface area contributed by atoms with Crippen LogP contribution in [0.2, 0.25) is 0 Å². The minimum Gasteiger partial charge on any atom is -0.492 e. The molecule has 0 atom stereocenters. The molecule has 14 nitrogen and oxygen atoms in total. The van der Waals surface area contributed by atoms with E-state index >= 15 is 8.78 Å². The van der Waals surface area contributed by atoms with Crippen molar-refractivity contribution >= 4 is 23.9 Å². The van der Waals surface area contributed by atoms with Crippen molar-refractivity contribution in [2.24, 2.45) is 28.1 Å². The molecular weight excluding hydrogens is 1490 g/mol. The van der Waals surface area contributed by atoms with Crippen LogP contribution < -0.4 is 9.47 Å². The van der Waals surface area contributed by atoms with Gasteiger partial charge >= 0.3 is 23.9 Å². The van der Waals surface area contributed by atoms with Crippen molar-refractivity contribution in [2.75, 3.05) is 66.1 Å². The van der Waals surface area contributed by atoms with Crippen molar-refractivity contribution in [3.63, 3.8) is 0 Å². The Bertz CT molecular complexity index is 4290. The molecule has 0 spiro atoms. The third-order valence-electron chi connectivity index (χ3n) is 24.9. The van der Waals surface area contributed by atoms with Crippen LogP contribution in [0.25, 0.3) is 44.5 Å². The lowest BCUT2D eigenvalue weighted by atomic mass is 9.77. The highest BCUT2D eigenvalue weighted by atomic mass is 19.1. The average Bonchev–Trinajstić information content (AvgIpc) is 0.785. The highest BCUT2D eigenvalue weighted by molar-refractivity contribution is 5.88. The molecule has 0 heterocycles. The number of unbranched alkanes of at least 4 members (excludes halogenated alkanes) is 4. The van der Waals surface area contributed by atoms with E-state index in [1.54, 1.807) is 46.8 Å². The van der Waals surface area contributed by atoms with Crippen LogP contribution in [0.4, 0.5) is 8.78 Å². The summed E-state index contributed by atoms with van der Waals surface area (Å²) in [4.78, 5) is 53.0. The summed E-state index contributed by atoms with van der Waals surface area (Å²) in [5, 5.41) is 42.0. The van der Waals surface area contributed by atoms with Gasteiger partial charge in [-0.05, 0) is 300 Å². The molecule has 118 heavy (non-hydrogen) atoms. The molecule has 2 fully saturated rings. The normalized spacial score (nSPS) is 15.8. The number of carbonyl (C=O) groups is 4. The van der Waals surface area contributed by atoms with Gasteiger partial charge in [-0.1, -0.05) is 173 Å². The van der Waals surface area contributed by atoms with Crippen LogP contribution >= 0.6 is 0 Å². The Labute approximate surface area is 704 Å². The summed E-state index contributed by atoms with van der Waals surface area (Å²) in [6, 6.07) is 32.0. The molecule has 4 N–H and O–H groups in total. The average molecular weight is 1630 g/mol. The molecule has 2 aliphatic rings. The van der Waals surface area contributed by atoms with Crippen molar-refractivity contribution in [1.29, 1.82) is 0 Å². The lowest BCUT2D eigenvalue weighted by Gasteiger charge is -2.30. The third-order valence-corrected chi connectivity index (χ3v) is 24.9. The van der Waals surface area contributed by atoms with E-state index in [-0.39, 0.29) is 107 Å². The number of hydrogen-bond acceptors (Lipinski definition) is 14. The topological polar surface area (TPSA) is 205 Å². The summed E-state index contributed by atoms with van der Waals surface area (Å²) >= 11 is 0. The zero-order valence-electron chi connectivity index (χ0n) is 72.9. The van der Waals surface area contributed by atoms with Crippen molar-refractivity contribution in [3.05, 3.63) is 190 Å². The van der Waals surface area contributed by atoms with Gasteiger partial charge in [0.25, 0.3) is 0 Å². The number of carbonyl (C=O) groups excluding carboxylic acids is 4. The van der Waals surface area contributed by atoms with E-state index in [9.17, 15) is 39.6 Å². The molecule has 0 aliphatic heterocycles. The van der Waals surface area contributed by atoms with Gasteiger partial charge in [-0.2, -0.15) is 0 Å². The zero-order valence-corrected chi connectivity index (χ0v) is 72.9. The standard InChI is InChI=1S/C102H138F2O14/c1-14-19-21-27-72-33-37-76(38-34-72)78-41-47-90(92(103)61-78)80-43-45-88(74(16-3)55-80)86-57-82(29-23-51-113-96(109)69(6)7)94(117-67-101(13,63-105)64-106)83(58-86)31-25-53-115-98(111)71(10)49-50-100(11,12)99(112)116-54-26-32-85-60-87(59-84(30-24-52-114-97(110)70(8)9)95(85)118-68-102(18-5,65-107)66-108)89-46-44-81(56-75(89)17-4)91-48-42-79(62-93(91)104)77-39-35-73(36-40-77)28-22-20-15-2/h41-48,55-62,72-73,76-77,105-108H,6,8,10,14-40,49-54,63-68H2,1-5,7,9,11-13H3. The summed E-state index contributed by atoms with van der Waals surface area (Å²) in [7, 11) is 0. The number of halogens is 2. The molecule has 6 aromatic carbocycles. The van der Waals surface area contributed by atoms with E-state index < -0.39 is 40.1 Å². The molecule has 0 bridgehead atoms. The largest absolute Gasteiger partial charge is 0.492 e. The molecule has 0 radical (unpaired) electrons. The van der Waals surface area contributed by atoms with Crippen LogP contribution in [0.1, 0.15) is 273 Å². The highest BCUT2D eigenvalue weighted by Crippen LogP contribution is 2.45. The lowest BCUT2D eigenvalue weighted by molar-refractivity contribution is -0.154. The molecule has 0 saturated heterocycles. The Hall–Kier alpha value is -8.28. The van der Waals surface area contributed by atoms with E-state index in [1.807, 2.05) is 43.3 Å². The van der Waals surface area contributed by atoms with Gasteiger partial charge in [0.2, 0.25) is 0 Å².